The topological polar surface area (TPSA) is 56.3 Å². The predicted molar refractivity (Wildman–Crippen MR) is 93.7 cm³/mol. The van der Waals surface area contributed by atoms with Gasteiger partial charge in [-0.2, -0.15) is 0 Å². The molecule has 3 rings (SSSR count). The molecule has 2 aromatic heterocycles. The number of carboxylic acid groups (broad SMARTS) is 1. The third-order valence-corrected chi connectivity index (χ3v) is 5.42. The van der Waals surface area contributed by atoms with E-state index >= 15 is 0 Å². The van der Waals surface area contributed by atoms with Crippen molar-refractivity contribution in [1.29, 1.82) is 0 Å². The average Bonchev–Trinajstić information content (AvgIpc) is 2.90. The molecular weight excluding hydrogens is 362 g/mol. The summed E-state index contributed by atoms with van der Waals surface area (Å²) < 4.78 is 0.736. The summed E-state index contributed by atoms with van der Waals surface area (Å²) in [4.78, 5) is 17.8. The largest absolute Gasteiger partial charge is 1.00 e. The third-order valence-electron chi connectivity index (χ3n) is 3.42. The van der Waals surface area contributed by atoms with Crippen molar-refractivity contribution >= 4 is 56.3 Å². The van der Waals surface area contributed by atoms with E-state index in [4.69, 9.17) is 23.2 Å². The van der Waals surface area contributed by atoms with Crippen LogP contribution in [0.25, 0.3) is 21.3 Å². The van der Waals surface area contributed by atoms with Gasteiger partial charge >= 0.3 is 18.9 Å². The van der Waals surface area contributed by atoms with E-state index in [0.717, 1.165) is 21.4 Å². The molecule has 0 aliphatic carbocycles. The van der Waals surface area contributed by atoms with Crippen LogP contribution in [0.1, 0.15) is 9.67 Å². The molecule has 0 spiro atoms. The van der Waals surface area contributed by atoms with Crippen molar-refractivity contribution in [2.75, 3.05) is 19.0 Å². The molecule has 0 radical (unpaired) electrons. The predicted octanol–water partition coefficient (Wildman–Crippen LogP) is 0.704. The van der Waals surface area contributed by atoms with Gasteiger partial charge in [0.15, 0.2) is 0 Å². The number of hydrogen-bond acceptors (Lipinski definition) is 5. The van der Waals surface area contributed by atoms with Gasteiger partial charge in [0.05, 0.1) is 37.0 Å². The number of carbonyl (C=O) groups excluding carboxylic acids is 1. The Balaban J connectivity index is 0.00000208. The number of carbonyl (C=O) groups is 1. The van der Waals surface area contributed by atoms with Gasteiger partial charge in [-0.25, -0.2) is 0 Å². The maximum Gasteiger partial charge on any atom is 1.00 e. The van der Waals surface area contributed by atoms with Crippen LogP contribution in [-0.2, 0) is 0 Å². The van der Waals surface area contributed by atoms with Crippen LogP contribution in [0.2, 0.25) is 10.0 Å². The summed E-state index contributed by atoms with van der Waals surface area (Å²) in [7, 11) is 3.58. The second-order valence-corrected chi connectivity index (χ2v) is 6.91. The fraction of sp³-hybridized carbons (Fsp3) is 0.125. The summed E-state index contributed by atoms with van der Waals surface area (Å²) in [6, 6.07) is 7.07. The van der Waals surface area contributed by atoms with Crippen LogP contribution in [0, 0.1) is 0 Å². The Morgan fingerprint density at radius 2 is 1.96 bits per heavy atom. The number of thiophene rings is 1. The molecule has 8 heteroatoms. The van der Waals surface area contributed by atoms with Crippen molar-refractivity contribution in [1.82, 2.24) is 4.98 Å². The van der Waals surface area contributed by atoms with Gasteiger partial charge in [0.2, 0.25) is 0 Å². The number of pyridine rings is 1. The first kappa shape index (κ1) is 19.1. The van der Waals surface area contributed by atoms with Crippen molar-refractivity contribution in [3.8, 4) is 11.3 Å². The van der Waals surface area contributed by atoms with Crippen molar-refractivity contribution in [2.24, 2.45) is 0 Å². The Morgan fingerprint density at radius 1 is 1.25 bits per heavy atom. The first-order chi connectivity index (χ1) is 10.9. The van der Waals surface area contributed by atoms with Crippen molar-refractivity contribution in [3.05, 3.63) is 45.4 Å². The molecule has 0 saturated heterocycles. The summed E-state index contributed by atoms with van der Waals surface area (Å²) in [5, 5.41) is 13.1. The monoisotopic (exact) mass is 372 g/mol. The first-order valence-corrected chi connectivity index (χ1v) is 8.23. The number of aromatic carboxylic acids is 1. The Kier molecular flexibility index (Phi) is 5.85. The van der Waals surface area contributed by atoms with Gasteiger partial charge in [0, 0.05) is 31.2 Å². The number of carboxylic acids is 1. The molecule has 0 N–H and O–H groups in total. The summed E-state index contributed by atoms with van der Waals surface area (Å²) in [5.41, 5.74) is 1.88. The molecule has 2 heterocycles. The number of benzene rings is 1. The number of hydrogen-bond donors (Lipinski definition) is 0. The minimum absolute atomic E-state index is 0. The third kappa shape index (κ3) is 3.15. The van der Waals surface area contributed by atoms with Gasteiger partial charge in [0.25, 0.3) is 0 Å². The van der Waals surface area contributed by atoms with Crippen LogP contribution in [-0.4, -0.2) is 25.0 Å². The van der Waals surface area contributed by atoms with E-state index in [-0.39, 0.29) is 23.7 Å². The number of nitrogens with zero attached hydrogens (tertiary/aromatic N) is 2. The molecule has 24 heavy (non-hydrogen) atoms. The van der Waals surface area contributed by atoms with Gasteiger partial charge in [-0.05, 0) is 12.1 Å². The van der Waals surface area contributed by atoms with Crippen LogP contribution in [0.4, 0.5) is 5.69 Å². The second-order valence-electron chi connectivity index (χ2n) is 5.10. The fourth-order valence-corrected chi connectivity index (χ4v) is 4.07. The quantitative estimate of drug-likeness (QED) is 0.635. The van der Waals surface area contributed by atoms with Crippen LogP contribution in [0.15, 0.2) is 30.5 Å². The summed E-state index contributed by atoms with van der Waals surface area (Å²) in [6.07, 6.45) is 1.63. The molecule has 118 valence electrons. The molecular formula is C16H11Cl2LiN2O2S. The number of anilines is 1. The van der Waals surface area contributed by atoms with Gasteiger partial charge in [-0.1, -0.05) is 35.3 Å². The van der Waals surface area contributed by atoms with E-state index in [1.165, 1.54) is 0 Å². The standard InChI is InChI=1S/C16H12Cl2N2O2S.Li/c1-20(2)13-9-6-7-19-12(14(9)23-15(13)16(21)22)8-4-3-5-10(17)11(8)18;/h3-7H,1-2H3,(H,21,22);/q;+1/p-1. The normalized spacial score (nSPS) is 10.5. The van der Waals surface area contributed by atoms with Gasteiger partial charge in [-0.15, -0.1) is 11.3 Å². The fourth-order valence-electron chi connectivity index (χ4n) is 2.47. The van der Waals surface area contributed by atoms with E-state index in [2.05, 4.69) is 4.98 Å². The van der Waals surface area contributed by atoms with Crippen LogP contribution < -0.4 is 28.9 Å². The zero-order chi connectivity index (χ0) is 16.7. The average molecular weight is 373 g/mol. The number of aromatic nitrogens is 1. The molecule has 0 fully saturated rings. The van der Waals surface area contributed by atoms with Crippen molar-refractivity contribution in [3.63, 3.8) is 0 Å². The molecule has 0 unspecified atom stereocenters. The van der Waals surface area contributed by atoms with E-state index < -0.39 is 5.97 Å². The Morgan fingerprint density at radius 3 is 2.58 bits per heavy atom. The summed E-state index contributed by atoms with van der Waals surface area (Å²) in [5.74, 6) is -1.21. The molecule has 4 nitrogen and oxygen atoms in total. The zero-order valence-corrected chi connectivity index (χ0v) is 15.6. The molecule has 3 aromatic rings. The van der Waals surface area contributed by atoms with Crippen LogP contribution >= 0.6 is 34.5 Å². The van der Waals surface area contributed by atoms with E-state index in [1.54, 1.807) is 43.4 Å². The SMILES string of the molecule is CN(C)c1c(C(=O)[O-])sc2c(-c3cccc(Cl)c3Cl)nccc12.[Li+]. The second kappa shape index (κ2) is 7.34. The van der Waals surface area contributed by atoms with Gasteiger partial charge < -0.3 is 14.8 Å². The molecule has 0 bridgehead atoms. The first-order valence-electron chi connectivity index (χ1n) is 6.66. The van der Waals surface area contributed by atoms with E-state index in [1.807, 2.05) is 6.07 Å². The Bertz CT molecular complexity index is 928. The maximum absolute atomic E-state index is 11.5. The van der Waals surface area contributed by atoms with Gasteiger partial charge in [0.1, 0.15) is 0 Å². The zero-order valence-electron chi connectivity index (χ0n) is 13.3. The van der Waals surface area contributed by atoms with E-state index in [0.29, 0.717) is 27.0 Å². The van der Waals surface area contributed by atoms with Gasteiger partial charge in [-0.3, -0.25) is 4.98 Å². The van der Waals surface area contributed by atoms with Crippen molar-refractivity contribution < 1.29 is 28.8 Å². The molecule has 1 aromatic carbocycles. The molecule has 0 atom stereocenters. The Hall–Kier alpha value is -1.22. The molecule has 0 saturated carbocycles. The minimum atomic E-state index is -1.21. The van der Waals surface area contributed by atoms with Crippen molar-refractivity contribution in [2.45, 2.75) is 0 Å². The number of halogens is 2. The summed E-state index contributed by atoms with van der Waals surface area (Å²) >= 11 is 13.5. The maximum atomic E-state index is 11.5. The molecule has 0 aliphatic rings. The minimum Gasteiger partial charge on any atom is -0.544 e. The molecule has 0 amide bonds. The summed E-state index contributed by atoms with van der Waals surface area (Å²) in [6.45, 7) is 0. The van der Waals surface area contributed by atoms with Crippen LogP contribution in [0.3, 0.4) is 0 Å². The van der Waals surface area contributed by atoms with Crippen LogP contribution in [0.5, 0.6) is 0 Å². The smallest absolute Gasteiger partial charge is 0.544 e. The number of fused-ring (bicyclic) bond motifs is 1. The molecule has 0 aliphatic heterocycles. The Labute approximate surface area is 165 Å². The number of rotatable bonds is 3. The van der Waals surface area contributed by atoms with E-state index in [9.17, 15) is 9.90 Å².